The zero-order valence-electron chi connectivity index (χ0n) is 21.6. The largest absolute Gasteiger partial charge is 0.507 e. The molecule has 0 spiro atoms. The molecular weight excluding hydrogens is 392 g/mol. The summed E-state index contributed by atoms with van der Waals surface area (Å²) >= 11 is 0. The Bertz CT molecular complexity index is 759. The van der Waals surface area contributed by atoms with E-state index in [9.17, 15) is 10.2 Å². The highest BCUT2D eigenvalue weighted by molar-refractivity contribution is 5.53. The second kappa shape index (κ2) is 11.8. The Morgan fingerprint density at radius 1 is 0.625 bits per heavy atom. The van der Waals surface area contributed by atoms with Gasteiger partial charge in [0.2, 0.25) is 0 Å². The predicted octanol–water partition coefficient (Wildman–Crippen LogP) is 8.26. The Labute approximate surface area is 197 Å². The molecule has 0 aromatic heterocycles. The smallest absolute Gasteiger partial charge is 0.121 e. The van der Waals surface area contributed by atoms with Gasteiger partial charge in [0.15, 0.2) is 0 Å². The van der Waals surface area contributed by atoms with Crippen LogP contribution in [-0.2, 0) is 31.1 Å². The van der Waals surface area contributed by atoms with E-state index in [-0.39, 0.29) is 5.41 Å². The third-order valence-electron chi connectivity index (χ3n) is 6.70. The van der Waals surface area contributed by atoms with Gasteiger partial charge in [-0.2, -0.15) is 0 Å². The van der Waals surface area contributed by atoms with Crippen LogP contribution in [-0.4, -0.2) is 10.2 Å². The number of rotatable bonds is 12. The minimum Gasteiger partial charge on any atom is -0.507 e. The van der Waals surface area contributed by atoms with E-state index in [2.05, 4.69) is 72.7 Å². The highest BCUT2D eigenvalue weighted by atomic mass is 16.3. The molecule has 0 saturated heterocycles. The van der Waals surface area contributed by atoms with Crippen LogP contribution in [0.3, 0.4) is 0 Å². The average molecular weight is 439 g/mol. The van der Waals surface area contributed by atoms with Crippen molar-refractivity contribution in [3.8, 4) is 11.5 Å². The Hall–Kier alpha value is -1.96. The molecule has 2 heteroatoms. The van der Waals surface area contributed by atoms with Gasteiger partial charge < -0.3 is 10.2 Å². The fraction of sp³-hybridized carbons (Fsp3) is 0.600. The third kappa shape index (κ3) is 5.88. The van der Waals surface area contributed by atoms with Crippen molar-refractivity contribution in [3.63, 3.8) is 0 Å². The molecule has 0 atom stereocenters. The summed E-state index contributed by atoms with van der Waals surface area (Å²) in [5, 5.41) is 21.9. The molecule has 2 aromatic rings. The topological polar surface area (TPSA) is 40.5 Å². The number of hydrogen-bond acceptors (Lipinski definition) is 2. The van der Waals surface area contributed by atoms with Gasteiger partial charge in [0.05, 0.1) is 0 Å². The summed E-state index contributed by atoms with van der Waals surface area (Å²) in [6.45, 7) is 15.6. The lowest BCUT2D eigenvalue weighted by Crippen LogP contribution is -2.27. The molecular formula is C30H46O2. The van der Waals surface area contributed by atoms with E-state index in [1.54, 1.807) is 0 Å². The summed E-state index contributed by atoms with van der Waals surface area (Å²) in [6.07, 6.45) is 8.67. The maximum Gasteiger partial charge on any atom is 0.121 e. The Kier molecular flexibility index (Phi) is 9.67. The predicted molar refractivity (Wildman–Crippen MR) is 138 cm³/mol. The van der Waals surface area contributed by atoms with E-state index in [4.69, 9.17) is 0 Å². The van der Waals surface area contributed by atoms with Gasteiger partial charge in [-0.05, 0) is 71.4 Å². The first-order valence-electron chi connectivity index (χ1n) is 12.9. The molecule has 0 bridgehead atoms. The molecule has 0 fully saturated rings. The minimum absolute atomic E-state index is 0.175. The van der Waals surface area contributed by atoms with Crippen molar-refractivity contribution in [2.45, 2.75) is 112 Å². The average Bonchev–Trinajstić information content (AvgIpc) is 2.73. The fourth-order valence-corrected chi connectivity index (χ4v) is 5.22. The maximum atomic E-state index is 10.9. The van der Waals surface area contributed by atoms with Gasteiger partial charge >= 0.3 is 0 Å². The van der Waals surface area contributed by atoms with Gasteiger partial charge in [-0.3, -0.25) is 0 Å². The summed E-state index contributed by atoms with van der Waals surface area (Å²) < 4.78 is 0. The lowest BCUT2D eigenvalue weighted by atomic mass is 9.69. The van der Waals surface area contributed by atoms with Crippen LogP contribution in [0, 0.1) is 5.92 Å². The number of aromatic hydroxyl groups is 2. The van der Waals surface area contributed by atoms with E-state index in [1.165, 1.54) is 11.1 Å². The number of hydrogen-bond donors (Lipinski definition) is 2. The molecule has 2 aromatic carbocycles. The van der Waals surface area contributed by atoms with E-state index < -0.39 is 0 Å². The van der Waals surface area contributed by atoms with Gasteiger partial charge in [-0.15, -0.1) is 0 Å². The van der Waals surface area contributed by atoms with Crippen LogP contribution in [0.5, 0.6) is 11.5 Å². The Morgan fingerprint density at radius 2 is 0.906 bits per heavy atom. The molecule has 0 aliphatic carbocycles. The molecule has 0 heterocycles. The molecule has 0 aliphatic rings. The van der Waals surface area contributed by atoms with E-state index in [1.807, 2.05) is 0 Å². The van der Waals surface area contributed by atoms with Crippen molar-refractivity contribution < 1.29 is 10.2 Å². The van der Waals surface area contributed by atoms with Gasteiger partial charge in [0, 0.05) is 5.41 Å². The lowest BCUT2D eigenvalue weighted by molar-refractivity contribution is 0.420. The fourth-order valence-electron chi connectivity index (χ4n) is 5.22. The molecule has 2 rings (SSSR count). The van der Waals surface area contributed by atoms with Gasteiger partial charge in [0.25, 0.3) is 0 Å². The van der Waals surface area contributed by atoms with Gasteiger partial charge in [0.1, 0.15) is 11.5 Å². The summed E-state index contributed by atoms with van der Waals surface area (Å²) in [6, 6.07) is 9.02. The SMILES string of the molecule is CCCc1cc(C(C)(CC(C)C)c2cc(CCC)c(O)c(CCC)c2)cc(CCC)c1O. The van der Waals surface area contributed by atoms with E-state index in [0.29, 0.717) is 17.4 Å². The minimum atomic E-state index is -0.175. The standard InChI is InChI=1S/C30H46O2/c1-8-12-22-16-26(17-23(13-9-2)28(22)31)30(7,20-21(5)6)27-18-24(14-10-3)29(32)25(19-27)15-11-4/h16-19,21,31-32H,8-15,20H2,1-7H3. The maximum absolute atomic E-state index is 10.9. The van der Waals surface area contributed by atoms with Crippen LogP contribution in [0.1, 0.15) is 114 Å². The zero-order chi connectivity index (χ0) is 23.9. The second-order valence-electron chi connectivity index (χ2n) is 10.2. The van der Waals surface area contributed by atoms with E-state index >= 15 is 0 Å². The van der Waals surface area contributed by atoms with Crippen molar-refractivity contribution >= 4 is 0 Å². The van der Waals surface area contributed by atoms with Crippen molar-refractivity contribution in [1.82, 2.24) is 0 Å². The zero-order valence-corrected chi connectivity index (χ0v) is 21.6. The van der Waals surface area contributed by atoms with Crippen molar-refractivity contribution in [2.75, 3.05) is 0 Å². The normalized spacial score (nSPS) is 12.0. The lowest BCUT2D eigenvalue weighted by Gasteiger charge is -2.35. The first-order valence-corrected chi connectivity index (χ1v) is 12.9. The van der Waals surface area contributed by atoms with Crippen LogP contribution in [0.2, 0.25) is 0 Å². The first-order chi connectivity index (χ1) is 15.2. The number of aryl methyl sites for hydroxylation is 4. The van der Waals surface area contributed by atoms with Crippen LogP contribution in [0.25, 0.3) is 0 Å². The highest BCUT2D eigenvalue weighted by Gasteiger charge is 2.32. The molecule has 32 heavy (non-hydrogen) atoms. The molecule has 0 unspecified atom stereocenters. The van der Waals surface area contributed by atoms with Gasteiger partial charge in [-0.1, -0.05) is 98.4 Å². The second-order valence-corrected chi connectivity index (χ2v) is 10.2. The van der Waals surface area contributed by atoms with E-state index in [0.717, 1.165) is 80.0 Å². The molecule has 0 amide bonds. The Balaban J connectivity index is 2.79. The summed E-state index contributed by atoms with van der Waals surface area (Å²) in [4.78, 5) is 0. The molecule has 2 nitrogen and oxygen atoms in total. The van der Waals surface area contributed by atoms with Crippen LogP contribution in [0.15, 0.2) is 24.3 Å². The van der Waals surface area contributed by atoms with Crippen molar-refractivity contribution in [1.29, 1.82) is 0 Å². The third-order valence-corrected chi connectivity index (χ3v) is 6.70. The van der Waals surface area contributed by atoms with Crippen LogP contribution >= 0.6 is 0 Å². The number of phenols is 2. The monoisotopic (exact) mass is 438 g/mol. The summed E-state index contributed by atoms with van der Waals surface area (Å²) in [7, 11) is 0. The molecule has 2 N–H and O–H groups in total. The van der Waals surface area contributed by atoms with Crippen LogP contribution < -0.4 is 0 Å². The number of benzene rings is 2. The van der Waals surface area contributed by atoms with Crippen molar-refractivity contribution in [3.05, 3.63) is 57.6 Å². The quantitative estimate of drug-likeness (QED) is 0.350. The molecule has 0 saturated carbocycles. The summed E-state index contributed by atoms with van der Waals surface area (Å²) in [5.41, 5.74) is 6.72. The van der Waals surface area contributed by atoms with Gasteiger partial charge in [-0.25, -0.2) is 0 Å². The van der Waals surface area contributed by atoms with Crippen molar-refractivity contribution in [2.24, 2.45) is 5.92 Å². The number of phenolic OH excluding ortho intramolecular Hbond substituents is 2. The summed E-state index contributed by atoms with van der Waals surface area (Å²) in [5.74, 6) is 1.51. The Morgan fingerprint density at radius 3 is 1.12 bits per heavy atom. The molecule has 0 aliphatic heterocycles. The molecule has 178 valence electrons. The van der Waals surface area contributed by atoms with Crippen LogP contribution in [0.4, 0.5) is 0 Å². The highest BCUT2D eigenvalue weighted by Crippen LogP contribution is 2.43. The first kappa shape index (κ1) is 26.3. The molecule has 0 radical (unpaired) electrons.